The van der Waals surface area contributed by atoms with Crippen LogP contribution in [-0.2, 0) is 0 Å². The average Bonchev–Trinajstić information content (AvgIpc) is 3.68. The van der Waals surface area contributed by atoms with Gasteiger partial charge in [-0.3, -0.25) is 0 Å². The summed E-state index contributed by atoms with van der Waals surface area (Å²) in [6, 6.07) is 59.2. The number of furan rings is 1. The summed E-state index contributed by atoms with van der Waals surface area (Å²) in [5, 5.41) is 10.4. The summed E-state index contributed by atoms with van der Waals surface area (Å²) in [6.45, 7) is 0. The molecule has 10 rings (SSSR count). The number of benzene rings is 8. The molecule has 1 nitrogen and oxygen atoms in total. The van der Waals surface area contributed by atoms with E-state index in [1.165, 1.54) is 65.3 Å². The Morgan fingerprint density at radius 3 is 0.886 bits per heavy atom. The van der Waals surface area contributed by atoms with E-state index in [2.05, 4.69) is 140 Å². The third kappa shape index (κ3) is 4.60. The van der Waals surface area contributed by atoms with E-state index < -0.39 is 0 Å². The van der Waals surface area contributed by atoms with Crippen LogP contribution >= 0.6 is 0 Å². The molecule has 0 saturated carbocycles. The van der Waals surface area contributed by atoms with Crippen molar-refractivity contribution in [3.05, 3.63) is 187 Å². The molecule has 0 aliphatic heterocycles. The quantitative estimate of drug-likeness (QED) is 0.168. The Kier molecular flexibility index (Phi) is 6.62. The monoisotopic (exact) mass is 561 g/mol. The van der Waals surface area contributed by atoms with Gasteiger partial charge in [0.05, 0.1) is 0 Å². The molecular weight excluding hydrogens is 532 g/mol. The lowest BCUT2D eigenvalue weighted by Crippen LogP contribution is -1.81. The van der Waals surface area contributed by atoms with Crippen LogP contribution in [0.2, 0.25) is 0 Å². The van der Waals surface area contributed by atoms with Gasteiger partial charge in [-0.25, -0.2) is 0 Å². The Labute approximate surface area is 256 Å². The van der Waals surface area contributed by atoms with Crippen LogP contribution in [0.25, 0.3) is 65.4 Å². The van der Waals surface area contributed by atoms with Crippen molar-refractivity contribution in [2.75, 3.05) is 0 Å². The molecule has 0 saturated heterocycles. The normalized spacial score (nSPS) is 11.5. The fourth-order valence-electron chi connectivity index (χ4n) is 6.44. The minimum atomic E-state index is 0.962. The molecule has 1 heterocycles. The standard InChI is InChI=1S/C18H12.C13H9.C12H8O/c1-2-8-14-13(7-1)15-9-3-4-11-17(15)18-12-6-5-10-16(14)18;1-3-7-12-10(5-1)9-11-6-2-4-8-13(11)12;1-3-7-11-9(5-1)10-6-2-4-8-12(10)13-11/h1-12H;1-9H;1-8H. The van der Waals surface area contributed by atoms with Gasteiger partial charge in [0.2, 0.25) is 0 Å². The highest BCUT2D eigenvalue weighted by Crippen LogP contribution is 2.37. The minimum absolute atomic E-state index is 0.962. The number of rotatable bonds is 0. The van der Waals surface area contributed by atoms with Gasteiger partial charge in [0.25, 0.3) is 0 Å². The first-order valence-corrected chi connectivity index (χ1v) is 15.0. The van der Waals surface area contributed by atoms with Crippen molar-refractivity contribution in [3.63, 3.8) is 0 Å². The topological polar surface area (TPSA) is 13.1 Å². The molecule has 0 atom stereocenters. The van der Waals surface area contributed by atoms with Crippen LogP contribution in [-0.4, -0.2) is 0 Å². The first-order valence-electron chi connectivity index (χ1n) is 15.0. The lowest BCUT2D eigenvalue weighted by Gasteiger charge is -2.09. The highest BCUT2D eigenvalue weighted by molar-refractivity contribution is 6.25. The van der Waals surface area contributed by atoms with E-state index in [0.717, 1.165) is 11.2 Å². The zero-order chi connectivity index (χ0) is 29.3. The van der Waals surface area contributed by atoms with Gasteiger partial charge in [-0.15, -0.1) is 0 Å². The number of hydrogen-bond acceptors (Lipinski definition) is 1. The van der Waals surface area contributed by atoms with Gasteiger partial charge in [-0.2, -0.15) is 0 Å². The van der Waals surface area contributed by atoms with Crippen LogP contribution < -0.4 is 0 Å². The van der Waals surface area contributed by atoms with Crippen LogP contribution in [0.1, 0.15) is 11.1 Å². The maximum Gasteiger partial charge on any atom is 0.135 e. The highest BCUT2D eigenvalue weighted by atomic mass is 16.3. The number of para-hydroxylation sites is 2. The molecule has 0 spiro atoms. The van der Waals surface area contributed by atoms with Crippen LogP contribution in [0.3, 0.4) is 0 Å². The predicted molar refractivity (Wildman–Crippen MR) is 187 cm³/mol. The van der Waals surface area contributed by atoms with E-state index in [4.69, 9.17) is 4.42 Å². The summed E-state index contributed by atoms with van der Waals surface area (Å²) in [4.78, 5) is 0. The van der Waals surface area contributed by atoms with Gasteiger partial charge in [0.15, 0.2) is 0 Å². The molecule has 1 aromatic heterocycles. The van der Waals surface area contributed by atoms with E-state index in [1.54, 1.807) is 0 Å². The third-order valence-corrected chi connectivity index (χ3v) is 8.46. The maximum absolute atomic E-state index is 5.65. The summed E-state index contributed by atoms with van der Waals surface area (Å²) in [7, 11) is 0. The molecule has 1 aliphatic rings. The first kappa shape index (κ1) is 26.0. The van der Waals surface area contributed by atoms with Crippen molar-refractivity contribution >= 4 is 54.3 Å². The van der Waals surface area contributed by atoms with Gasteiger partial charge >= 0.3 is 0 Å². The van der Waals surface area contributed by atoms with Crippen LogP contribution in [0.15, 0.2) is 174 Å². The number of hydrogen-bond donors (Lipinski definition) is 0. The Balaban J connectivity index is 0.000000101. The molecule has 0 N–H and O–H groups in total. The summed E-state index contributed by atoms with van der Waals surface area (Å²) in [5.41, 5.74) is 7.32. The van der Waals surface area contributed by atoms with Gasteiger partial charge in [-0.1, -0.05) is 158 Å². The van der Waals surface area contributed by atoms with Gasteiger partial charge < -0.3 is 4.42 Å². The van der Waals surface area contributed by atoms with E-state index >= 15 is 0 Å². The van der Waals surface area contributed by atoms with E-state index in [1.807, 2.05) is 36.4 Å². The molecule has 8 aromatic carbocycles. The maximum atomic E-state index is 5.65. The smallest absolute Gasteiger partial charge is 0.135 e. The van der Waals surface area contributed by atoms with Crippen molar-refractivity contribution in [1.29, 1.82) is 0 Å². The predicted octanol–water partition coefficient (Wildman–Crippen LogP) is 12.0. The van der Waals surface area contributed by atoms with Gasteiger partial charge in [0, 0.05) is 17.2 Å². The van der Waals surface area contributed by atoms with Crippen molar-refractivity contribution in [3.8, 4) is 11.1 Å². The van der Waals surface area contributed by atoms with E-state index in [0.29, 0.717) is 0 Å². The Hall–Kier alpha value is -5.66. The zero-order valence-corrected chi connectivity index (χ0v) is 24.2. The molecule has 1 radical (unpaired) electrons. The molecule has 0 unspecified atom stereocenters. The summed E-state index contributed by atoms with van der Waals surface area (Å²) in [6.07, 6.45) is 2.24. The number of fused-ring (bicyclic) bond motifs is 12. The fraction of sp³-hybridized carbons (Fsp3) is 0. The molecule has 44 heavy (non-hydrogen) atoms. The minimum Gasteiger partial charge on any atom is -0.456 e. The van der Waals surface area contributed by atoms with E-state index in [-0.39, 0.29) is 0 Å². The summed E-state index contributed by atoms with van der Waals surface area (Å²) >= 11 is 0. The Bertz CT molecular complexity index is 2110. The highest BCUT2D eigenvalue weighted by Gasteiger charge is 2.16. The second kappa shape index (κ2) is 11.2. The van der Waals surface area contributed by atoms with Crippen LogP contribution in [0.5, 0.6) is 0 Å². The molecule has 0 fully saturated rings. The van der Waals surface area contributed by atoms with Gasteiger partial charge in [0.1, 0.15) is 11.2 Å². The van der Waals surface area contributed by atoms with Crippen molar-refractivity contribution in [2.24, 2.45) is 0 Å². The van der Waals surface area contributed by atoms with Crippen LogP contribution in [0.4, 0.5) is 0 Å². The summed E-state index contributed by atoms with van der Waals surface area (Å²) < 4.78 is 5.65. The summed E-state index contributed by atoms with van der Waals surface area (Å²) in [5.74, 6) is 0. The van der Waals surface area contributed by atoms with E-state index in [9.17, 15) is 0 Å². The zero-order valence-electron chi connectivity index (χ0n) is 24.2. The molecule has 1 aliphatic carbocycles. The lowest BCUT2D eigenvalue weighted by atomic mass is 9.95. The van der Waals surface area contributed by atoms with Crippen molar-refractivity contribution in [1.82, 2.24) is 0 Å². The molecule has 207 valence electrons. The molecule has 1 heteroatoms. The molecular formula is C43H29O. The molecule has 9 aromatic rings. The van der Waals surface area contributed by atoms with Crippen molar-refractivity contribution in [2.45, 2.75) is 0 Å². The Morgan fingerprint density at radius 2 is 0.523 bits per heavy atom. The fourth-order valence-corrected chi connectivity index (χ4v) is 6.44. The third-order valence-electron chi connectivity index (χ3n) is 8.46. The second-order valence-corrected chi connectivity index (χ2v) is 11.0. The van der Waals surface area contributed by atoms with Crippen LogP contribution in [0, 0.1) is 6.42 Å². The lowest BCUT2D eigenvalue weighted by molar-refractivity contribution is 0.669. The Morgan fingerprint density at radius 1 is 0.250 bits per heavy atom. The molecule has 0 amide bonds. The average molecular weight is 562 g/mol. The first-order chi connectivity index (χ1) is 21.8. The van der Waals surface area contributed by atoms with Crippen molar-refractivity contribution < 1.29 is 4.42 Å². The largest absolute Gasteiger partial charge is 0.456 e. The molecule has 0 bridgehead atoms. The van der Waals surface area contributed by atoms with Gasteiger partial charge in [-0.05, 0) is 66.7 Å². The second-order valence-electron chi connectivity index (χ2n) is 11.0. The SMILES string of the molecule is [CH]1c2ccccc2-c2ccccc21.c1ccc2c(c1)c1ccccc1c1ccccc21.c1ccc2c(c1)oc1ccccc12.